The Balaban J connectivity index is 1.65. The maximum atomic E-state index is 12.3. The minimum Gasteiger partial charge on any atom is -0.332 e. The summed E-state index contributed by atoms with van der Waals surface area (Å²) in [6, 6.07) is 11.3. The zero-order valence-electron chi connectivity index (χ0n) is 13.3. The zero-order valence-corrected chi connectivity index (χ0v) is 15.0. The van der Waals surface area contributed by atoms with Crippen LogP contribution in [-0.4, -0.2) is 28.5 Å². The van der Waals surface area contributed by atoms with Crippen LogP contribution >= 0.6 is 12.2 Å². The van der Waals surface area contributed by atoms with Crippen molar-refractivity contribution < 1.29 is 8.42 Å². The maximum absolute atomic E-state index is 12.3. The quantitative estimate of drug-likeness (QED) is 0.574. The average Bonchev–Trinajstić information content (AvgIpc) is 2.63. The van der Waals surface area contributed by atoms with Crippen LogP contribution in [0.3, 0.4) is 0 Å². The highest BCUT2D eigenvalue weighted by Gasteiger charge is 2.15. The molecule has 0 bridgehead atoms. The predicted octanol–water partition coefficient (Wildman–Crippen LogP) is 2.48. The van der Waals surface area contributed by atoms with Gasteiger partial charge in [0.2, 0.25) is 5.95 Å². The van der Waals surface area contributed by atoms with E-state index in [0.29, 0.717) is 10.8 Å². The molecular formula is C16H14N6O2S2. The lowest BCUT2D eigenvalue weighted by atomic mass is 10.3. The summed E-state index contributed by atoms with van der Waals surface area (Å²) < 4.78 is 27.0. The van der Waals surface area contributed by atoms with E-state index in [4.69, 9.17) is 12.2 Å². The van der Waals surface area contributed by atoms with Crippen LogP contribution in [0.1, 0.15) is 0 Å². The smallest absolute Gasteiger partial charge is 0.264 e. The van der Waals surface area contributed by atoms with E-state index in [-0.39, 0.29) is 10.8 Å². The number of rotatable bonds is 5. The molecule has 10 heteroatoms. The summed E-state index contributed by atoms with van der Waals surface area (Å²) in [5.41, 5.74) is 1.44. The van der Waals surface area contributed by atoms with Crippen molar-refractivity contribution >= 4 is 44.7 Å². The van der Waals surface area contributed by atoms with E-state index in [1.54, 1.807) is 42.7 Å². The van der Waals surface area contributed by atoms with Gasteiger partial charge >= 0.3 is 0 Å². The number of hydrogen-bond acceptors (Lipinski definition) is 6. The van der Waals surface area contributed by atoms with Crippen molar-refractivity contribution in [2.75, 3.05) is 15.4 Å². The highest BCUT2D eigenvalue weighted by atomic mass is 32.2. The third-order valence-corrected chi connectivity index (χ3v) is 4.70. The molecule has 2 aromatic heterocycles. The molecule has 0 spiro atoms. The highest BCUT2D eigenvalue weighted by molar-refractivity contribution is 7.92. The molecule has 8 nitrogen and oxygen atoms in total. The van der Waals surface area contributed by atoms with Crippen LogP contribution in [0.2, 0.25) is 0 Å². The van der Waals surface area contributed by atoms with Crippen molar-refractivity contribution in [2.45, 2.75) is 4.90 Å². The number of nitrogens with zero attached hydrogens (tertiary/aromatic N) is 3. The molecule has 0 saturated carbocycles. The second kappa shape index (κ2) is 7.85. The van der Waals surface area contributed by atoms with E-state index < -0.39 is 10.0 Å². The summed E-state index contributed by atoms with van der Waals surface area (Å²) in [6.07, 6.45) is 6.20. The standard InChI is InChI=1S/C16H14N6O2S2/c23-26(24,22-15-18-8-1-9-19-15)14-4-2-12(3-5-14)20-16(25)21-13-6-10-17-11-7-13/h1-11H,(H,18,19,22)(H2,17,20,21,25). The van der Waals surface area contributed by atoms with Crippen molar-refractivity contribution in [3.05, 3.63) is 67.3 Å². The Bertz CT molecular complexity index is 980. The number of hydrogen-bond donors (Lipinski definition) is 3. The molecule has 0 aliphatic carbocycles. The van der Waals surface area contributed by atoms with Gasteiger partial charge in [0.15, 0.2) is 5.11 Å². The third-order valence-electron chi connectivity index (χ3n) is 3.15. The molecule has 0 unspecified atom stereocenters. The summed E-state index contributed by atoms with van der Waals surface area (Å²) in [4.78, 5) is 11.7. The van der Waals surface area contributed by atoms with Crippen molar-refractivity contribution in [3.63, 3.8) is 0 Å². The largest absolute Gasteiger partial charge is 0.332 e. The van der Waals surface area contributed by atoms with Gasteiger partial charge < -0.3 is 10.6 Å². The molecular weight excluding hydrogens is 372 g/mol. The average molecular weight is 386 g/mol. The molecule has 0 atom stereocenters. The maximum Gasteiger partial charge on any atom is 0.264 e. The summed E-state index contributed by atoms with van der Waals surface area (Å²) in [5.74, 6) is 0.0115. The van der Waals surface area contributed by atoms with Crippen LogP contribution in [0.5, 0.6) is 0 Å². The van der Waals surface area contributed by atoms with E-state index in [1.165, 1.54) is 24.5 Å². The Morgan fingerprint density at radius 3 is 2.04 bits per heavy atom. The Labute approximate surface area is 155 Å². The third kappa shape index (κ3) is 4.71. The van der Waals surface area contributed by atoms with Crippen molar-refractivity contribution in [2.24, 2.45) is 0 Å². The Kier molecular flexibility index (Phi) is 5.34. The normalized spacial score (nSPS) is 10.8. The van der Waals surface area contributed by atoms with Crippen LogP contribution < -0.4 is 15.4 Å². The number of pyridine rings is 1. The van der Waals surface area contributed by atoms with Gasteiger partial charge in [0, 0.05) is 36.2 Å². The second-order valence-corrected chi connectivity index (χ2v) is 7.11. The molecule has 3 aromatic rings. The number of nitrogens with one attached hydrogen (secondary N) is 3. The lowest BCUT2D eigenvalue weighted by molar-refractivity contribution is 0.601. The molecule has 0 aliphatic heterocycles. The molecule has 3 rings (SSSR count). The number of sulfonamides is 1. The minimum atomic E-state index is -3.77. The minimum absolute atomic E-state index is 0.0115. The lowest BCUT2D eigenvalue weighted by Gasteiger charge is -2.11. The van der Waals surface area contributed by atoms with E-state index in [1.807, 2.05) is 0 Å². The topological polar surface area (TPSA) is 109 Å². The van der Waals surface area contributed by atoms with E-state index in [9.17, 15) is 8.42 Å². The molecule has 2 heterocycles. The number of thiocarbonyl (C=S) groups is 1. The first-order valence-corrected chi connectivity index (χ1v) is 9.30. The van der Waals surface area contributed by atoms with Gasteiger partial charge in [0.1, 0.15) is 0 Å². The summed E-state index contributed by atoms with van der Waals surface area (Å²) in [6.45, 7) is 0. The first kappa shape index (κ1) is 17.7. The Hall–Kier alpha value is -3.11. The van der Waals surface area contributed by atoms with Crippen LogP contribution in [0.4, 0.5) is 17.3 Å². The Morgan fingerprint density at radius 2 is 1.42 bits per heavy atom. The Morgan fingerprint density at radius 1 is 0.846 bits per heavy atom. The monoisotopic (exact) mass is 386 g/mol. The number of aromatic nitrogens is 3. The fourth-order valence-electron chi connectivity index (χ4n) is 1.98. The van der Waals surface area contributed by atoms with E-state index >= 15 is 0 Å². The molecule has 26 heavy (non-hydrogen) atoms. The van der Waals surface area contributed by atoms with Crippen molar-refractivity contribution in [3.8, 4) is 0 Å². The molecule has 1 aromatic carbocycles. The summed E-state index contributed by atoms with van der Waals surface area (Å²) in [7, 11) is -3.77. The van der Waals surface area contributed by atoms with Crippen molar-refractivity contribution in [1.82, 2.24) is 15.0 Å². The fourth-order valence-corrected chi connectivity index (χ4v) is 3.17. The van der Waals surface area contributed by atoms with Crippen LogP contribution in [0.25, 0.3) is 0 Å². The van der Waals surface area contributed by atoms with Crippen LogP contribution in [-0.2, 0) is 10.0 Å². The molecule has 0 amide bonds. The van der Waals surface area contributed by atoms with Crippen LogP contribution in [0.15, 0.2) is 72.1 Å². The highest BCUT2D eigenvalue weighted by Crippen LogP contribution is 2.16. The van der Waals surface area contributed by atoms with Gasteiger partial charge in [-0.05, 0) is 54.7 Å². The van der Waals surface area contributed by atoms with Gasteiger partial charge in [-0.1, -0.05) is 0 Å². The summed E-state index contributed by atoms with van der Waals surface area (Å²) >= 11 is 5.22. The molecule has 132 valence electrons. The lowest BCUT2D eigenvalue weighted by Crippen LogP contribution is -2.19. The van der Waals surface area contributed by atoms with Gasteiger partial charge in [-0.15, -0.1) is 0 Å². The molecule has 0 fully saturated rings. The van der Waals surface area contributed by atoms with Crippen LogP contribution in [0, 0.1) is 0 Å². The van der Waals surface area contributed by atoms with Gasteiger partial charge in [0.05, 0.1) is 4.90 Å². The van der Waals surface area contributed by atoms with Gasteiger partial charge in [-0.2, -0.15) is 0 Å². The molecule has 0 saturated heterocycles. The molecule has 0 radical (unpaired) electrons. The van der Waals surface area contributed by atoms with Gasteiger partial charge in [-0.3, -0.25) is 4.98 Å². The zero-order chi connectivity index (χ0) is 18.4. The number of anilines is 3. The number of benzene rings is 1. The van der Waals surface area contributed by atoms with Crippen molar-refractivity contribution in [1.29, 1.82) is 0 Å². The first-order valence-electron chi connectivity index (χ1n) is 7.41. The fraction of sp³-hybridized carbons (Fsp3) is 0. The predicted molar refractivity (Wildman–Crippen MR) is 103 cm³/mol. The second-order valence-electron chi connectivity index (χ2n) is 5.02. The van der Waals surface area contributed by atoms with E-state index in [0.717, 1.165) is 5.69 Å². The van der Waals surface area contributed by atoms with Gasteiger partial charge in [0.25, 0.3) is 10.0 Å². The molecule has 3 N–H and O–H groups in total. The summed E-state index contributed by atoms with van der Waals surface area (Å²) in [5, 5.41) is 6.36. The van der Waals surface area contributed by atoms with Gasteiger partial charge in [-0.25, -0.2) is 23.1 Å². The molecule has 0 aliphatic rings. The first-order chi connectivity index (χ1) is 12.5. The van der Waals surface area contributed by atoms with E-state index in [2.05, 4.69) is 30.3 Å². The SMILES string of the molecule is O=S(=O)(Nc1ncccn1)c1ccc(NC(=S)Nc2ccncc2)cc1.